The number of rotatable bonds is 4. The van der Waals surface area contributed by atoms with E-state index in [0.29, 0.717) is 13.1 Å². The summed E-state index contributed by atoms with van der Waals surface area (Å²) in [4.78, 5) is 0. The summed E-state index contributed by atoms with van der Waals surface area (Å²) in [5.74, 6) is 0. The Morgan fingerprint density at radius 3 is 2.53 bits per heavy atom. The Bertz CT molecular complexity index is 383. The van der Waals surface area contributed by atoms with Crippen molar-refractivity contribution in [2.24, 2.45) is 0 Å². The van der Waals surface area contributed by atoms with Gasteiger partial charge in [-0.1, -0.05) is 11.6 Å². The molecule has 2 aliphatic rings. The van der Waals surface area contributed by atoms with Crippen molar-refractivity contribution in [3.8, 4) is 0 Å². The quantitative estimate of drug-likeness (QED) is 0.782. The first kappa shape index (κ1) is 13.1. The summed E-state index contributed by atoms with van der Waals surface area (Å²) in [6.07, 6.45) is 8.70. The van der Waals surface area contributed by atoms with Crippen molar-refractivity contribution in [2.45, 2.75) is 51.5 Å². The highest BCUT2D eigenvalue weighted by molar-refractivity contribution is 7.87. The van der Waals surface area contributed by atoms with Crippen molar-refractivity contribution >= 4 is 10.2 Å². The average Bonchev–Trinajstić information content (AvgIpc) is 2.84. The van der Waals surface area contributed by atoms with Crippen molar-refractivity contribution in [3.63, 3.8) is 0 Å². The molecule has 0 aromatic carbocycles. The molecule has 5 heteroatoms. The van der Waals surface area contributed by atoms with Gasteiger partial charge in [0.05, 0.1) is 0 Å². The topological polar surface area (TPSA) is 49.4 Å². The minimum absolute atomic E-state index is 0.0547. The molecule has 1 saturated heterocycles. The van der Waals surface area contributed by atoms with Crippen LogP contribution >= 0.6 is 0 Å². The smallest absolute Gasteiger partial charge is 0.195 e. The molecule has 1 N–H and O–H groups in total. The van der Waals surface area contributed by atoms with Gasteiger partial charge in [0.15, 0.2) is 0 Å². The molecule has 0 aromatic heterocycles. The minimum Gasteiger partial charge on any atom is -0.195 e. The predicted molar refractivity (Wildman–Crippen MR) is 68.9 cm³/mol. The fourth-order valence-electron chi connectivity index (χ4n) is 2.56. The highest BCUT2D eigenvalue weighted by Crippen LogP contribution is 2.21. The van der Waals surface area contributed by atoms with Crippen LogP contribution in [0.4, 0.5) is 0 Å². The molecular formula is C12H22N2O2S. The van der Waals surface area contributed by atoms with Crippen molar-refractivity contribution in [2.75, 3.05) is 13.1 Å². The number of nitrogens with one attached hydrogen (secondary N) is 1. The maximum Gasteiger partial charge on any atom is 0.279 e. The third-order valence-electron chi connectivity index (χ3n) is 3.61. The van der Waals surface area contributed by atoms with Crippen LogP contribution in [0.1, 0.15) is 45.4 Å². The molecule has 0 spiro atoms. The number of allylic oxidation sites excluding steroid dienone is 1. The first-order chi connectivity index (χ1) is 8.09. The molecule has 1 atom stereocenters. The molecule has 0 unspecified atom stereocenters. The van der Waals surface area contributed by atoms with Gasteiger partial charge in [0, 0.05) is 19.1 Å². The second-order valence-electron chi connectivity index (χ2n) is 4.98. The zero-order valence-corrected chi connectivity index (χ0v) is 11.3. The molecule has 0 radical (unpaired) electrons. The Balaban J connectivity index is 1.97. The molecular weight excluding hydrogens is 236 g/mol. The van der Waals surface area contributed by atoms with Gasteiger partial charge in [0.1, 0.15) is 0 Å². The molecule has 0 bridgehead atoms. The molecule has 2 rings (SSSR count). The SMILES string of the molecule is C[C@H](NS(=O)(=O)N1CCCC1)C1=CCCCC1. The van der Waals surface area contributed by atoms with E-state index in [-0.39, 0.29) is 6.04 Å². The van der Waals surface area contributed by atoms with E-state index in [1.54, 1.807) is 4.31 Å². The van der Waals surface area contributed by atoms with Crippen LogP contribution < -0.4 is 4.72 Å². The zero-order chi connectivity index (χ0) is 12.3. The van der Waals surface area contributed by atoms with Gasteiger partial charge < -0.3 is 0 Å². The van der Waals surface area contributed by atoms with Gasteiger partial charge in [-0.25, -0.2) is 0 Å². The lowest BCUT2D eigenvalue weighted by atomic mass is 9.95. The van der Waals surface area contributed by atoms with Crippen LogP contribution in [0.3, 0.4) is 0 Å². The van der Waals surface area contributed by atoms with Crippen molar-refractivity contribution < 1.29 is 8.42 Å². The summed E-state index contributed by atoms with van der Waals surface area (Å²) >= 11 is 0. The Hall–Kier alpha value is -0.390. The van der Waals surface area contributed by atoms with Crippen molar-refractivity contribution in [1.82, 2.24) is 9.03 Å². The van der Waals surface area contributed by atoms with E-state index in [4.69, 9.17) is 0 Å². The Labute approximate surface area is 104 Å². The van der Waals surface area contributed by atoms with Gasteiger partial charge in [-0.15, -0.1) is 0 Å². The third-order valence-corrected chi connectivity index (χ3v) is 5.31. The third kappa shape index (κ3) is 3.30. The Morgan fingerprint density at radius 2 is 1.94 bits per heavy atom. The molecule has 0 amide bonds. The first-order valence-corrected chi connectivity index (χ1v) is 8.00. The van der Waals surface area contributed by atoms with Gasteiger partial charge >= 0.3 is 0 Å². The van der Waals surface area contributed by atoms with E-state index >= 15 is 0 Å². The molecule has 0 saturated carbocycles. The lowest BCUT2D eigenvalue weighted by Crippen LogP contribution is -2.43. The van der Waals surface area contributed by atoms with E-state index in [0.717, 1.165) is 25.7 Å². The Morgan fingerprint density at radius 1 is 1.24 bits per heavy atom. The molecule has 17 heavy (non-hydrogen) atoms. The number of hydrogen-bond donors (Lipinski definition) is 1. The monoisotopic (exact) mass is 258 g/mol. The average molecular weight is 258 g/mol. The van der Waals surface area contributed by atoms with Crippen LogP contribution in [0.25, 0.3) is 0 Å². The molecule has 98 valence electrons. The van der Waals surface area contributed by atoms with Crippen molar-refractivity contribution in [1.29, 1.82) is 0 Å². The second-order valence-corrected chi connectivity index (χ2v) is 6.68. The van der Waals surface area contributed by atoms with Crippen LogP contribution in [0.5, 0.6) is 0 Å². The zero-order valence-electron chi connectivity index (χ0n) is 10.5. The standard InChI is InChI=1S/C12H22N2O2S/c1-11(12-7-3-2-4-8-12)13-17(15,16)14-9-5-6-10-14/h7,11,13H,2-6,8-10H2,1H3/t11-/m0/s1. The molecule has 1 aliphatic heterocycles. The van der Waals surface area contributed by atoms with E-state index in [2.05, 4.69) is 10.8 Å². The molecule has 1 heterocycles. The normalized spacial score (nSPS) is 24.6. The van der Waals surface area contributed by atoms with Gasteiger partial charge in [-0.05, 0) is 45.4 Å². The van der Waals surface area contributed by atoms with Crippen LogP contribution in [0.15, 0.2) is 11.6 Å². The minimum atomic E-state index is -3.27. The summed E-state index contributed by atoms with van der Waals surface area (Å²) in [6.45, 7) is 3.28. The van der Waals surface area contributed by atoms with Crippen molar-refractivity contribution in [3.05, 3.63) is 11.6 Å². The van der Waals surface area contributed by atoms with Crippen LogP contribution in [-0.2, 0) is 10.2 Å². The summed E-state index contributed by atoms with van der Waals surface area (Å²) in [5.41, 5.74) is 1.25. The molecule has 1 aliphatic carbocycles. The van der Waals surface area contributed by atoms with Gasteiger partial charge in [-0.2, -0.15) is 17.4 Å². The number of hydrogen-bond acceptors (Lipinski definition) is 2. The largest absolute Gasteiger partial charge is 0.279 e. The maximum atomic E-state index is 12.1. The lowest BCUT2D eigenvalue weighted by molar-refractivity contribution is 0.458. The van der Waals surface area contributed by atoms with Gasteiger partial charge in [0.25, 0.3) is 10.2 Å². The Kier molecular flexibility index (Phi) is 4.22. The van der Waals surface area contributed by atoms with Crippen LogP contribution in [0, 0.1) is 0 Å². The van der Waals surface area contributed by atoms with E-state index in [1.807, 2.05) is 6.92 Å². The molecule has 1 fully saturated rings. The van der Waals surface area contributed by atoms with Crippen LogP contribution in [-0.4, -0.2) is 31.9 Å². The summed E-state index contributed by atoms with van der Waals surface area (Å²) in [7, 11) is -3.27. The van der Waals surface area contributed by atoms with Gasteiger partial charge in [0.2, 0.25) is 0 Å². The van der Waals surface area contributed by atoms with E-state index in [9.17, 15) is 8.42 Å². The van der Waals surface area contributed by atoms with E-state index < -0.39 is 10.2 Å². The first-order valence-electron chi connectivity index (χ1n) is 6.56. The predicted octanol–water partition coefficient (Wildman–Crippen LogP) is 1.81. The lowest BCUT2D eigenvalue weighted by Gasteiger charge is -2.23. The molecule has 4 nitrogen and oxygen atoms in total. The summed E-state index contributed by atoms with van der Waals surface area (Å²) in [5, 5.41) is 0. The highest BCUT2D eigenvalue weighted by atomic mass is 32.2. The second kappa shape index (κ2) is 5.50. The van der Waals surface area contributed by atoms with Gasteiger partial charge in [-0.3, -0.25) is 0 Å². The number of nitrogens with zero attached hydrogens (tertiary/aromatic N) is 1. The van der Waals surface area contributed by atoms with E-state index in [1.165, 1.54) is 18.4 Å². The highest BCUT2D eigenvalue weighted by Gasteiger charge is 2.27. The molecule has 0 aromatic rings. The summed E-state index contributed by atoms with van der Waals surface area (Å²) in [6, 6.07) is -0.0547. The maximum absolute atomic E-state index is 12.1. The fourth-order valence-corrected chi connectivity index (χ4v) is 4.04. The summed E-state index contributed by atoms with van der Waals surface area (Å²) < 4.78 is 28.5. The fraction of sp³-hybridized carbons (Fsp3) is 0.833. The van der Waals surface area contributed by atoms with Crippen LogP contribution in [0.2, 0.25) is 0 Å².